The first-order chi connectivity index (χ1) is 14.6. The molecule has 2 saturated heterocycles. The second kappa shape index (κ2) is 8.18. The first-order valence-corrected chi connectivity index (χ1v) is 11.0. The molecule has 3 heterocycles. The van der Waals surface area contributed by atoms with Crippen molar-refractivity contribution in [1.29, 1.82) is 0 Å². The Morgan fingerprint density at radius 1 is 1.16 bits per heavy atom. The average Bonchev–Trinajstić information content (AvgIpc) is 2.71. The summed E-state index contributed by atoms with van der Waals surface area (Å²) in [4.78, 5) is 29.8. The first kappa shape index (κ1) is 21.7. The van der Waals surface area contributed by atoms with Crippen molar-refractivity contribution in [3.63, 3.8) is 0 Å². The van der Waals surface area contributed by atoms with Gasteiger partial charge in [0.15, 0.2) is 0 Å². The van der Waals surface area contributed by atoms with E-state index in [9.17, 15) is 14.9 Å². The van der Waals surface area contributed by atoms with Crippen LogP contribution in [0, 0.1) is 17.0 Å². The molecule has 3 aliphatic heterocycles. The number of piperazine rings is 1. The van der Waals surface area contributed by atoms with Crippen LogP contribution in [0.5, 0.6) is 5.75 Å². The zero-order valence-corrected chi connectivity index (χ0v) is 18.8. The van der Waals surface area contributed by atoms with Gasteiger partial charge in [-0.15, -0.1) is 0 Å². The third kappa shape index (κ3) is 4.56. The smallest absolute Gasteiger partial charge is 0.410 e. The number of non-ortho nitro benzene ring substituents is 1. The maximum atomic E-state index is 12.3. The van der Waals surface area contributed by atoms with Crippen LogP contribution in [0.3, 0.4) is 0 Å². The topological polar surface area (TPSA) is 88.4 Å². The minimum atomic E-state index is -0.472. The summed E-state index contributed by atoms with van der Waals surface area (Å²) in [5, 5.41) is 11.2. The van der Waals surface area contributed by atoms with Gasteiger partial charge < -0.3 is 19.3 Å². The summed E-state index contributed by atoms with van der Waals surface area (Å²) in [6, 6.07) is 3.84. The molecule has 0 unspecified atom stereocenters. The van der Waals surface area contributed by atoms with Crippen molar-refractivity contribution in [2.24, 2.45) is 0 Å². The number of benzene rings is 1. The molecule has 9 nitrogen and oxygen atoms in total. The average molecular weight is 433 g/mol. The van der Waals surface area contributed by atoms with Crippen LogP contribution >= 0.6 is 0 Å². The summed E-state index contributed by atoms with van der Waals surface area (Å²) in [7, 11) is 0. The van der Waals surface area contributed by atoms with E-state index in [0.717, 1.165) is 43.7 Å². The third-order valence-corrected chi connectivity index (χ3v) is 6.33. The number of hydrogen-bond acceptors (Lipinski definition) is 7. The molecule has 1 aromatic rings. The van der Waals surface area contributed by atoms with Crippen LogP contribution in [0.1, 0.15) is 39.2 Å². The van der Waals surface area contributed by atoms with E-state index < -0.39 is 5.60 Å². The standard InChI is InChI=1S/C22H32N4O5/c1-15-11-17(26(28)29)12-19-20(15)25-10-9-24(13-18(25)14-30-19)16-5-7-23(8-6-16)21(27)31-22(2,3)4/h11-12,16,18H,5-10,13-14H2,1-4H3/t18-/m1/s1. The molecule has 1 aromatic carbocycles. The fourth-order valence-electron chi connectivity index (χ4n) is 4.89. The highest BCUT2D eigenvalue weighted by atomic mass is 16.6. The normalized spacial score (nSPS) is 22.4. The molecule has 0 aromatic heterocycles. The maximum Gasteiger partial charge on any atom is 0.410 e. The zero-order chi connectivity index (χ0) is 22.3. The van der Waals surface area contributed by atoms with Gasteiger partial charge in [0.2, 0.25) is 0 Å². The quantitative estimate of drug-likeness (QED) is 0.524. The molecule has 0 bridgehead atoms. The van der Waals surface area contributed by atoms with Gasteiger partial charge in [-0.2, -0.15) is 0 Å². The highest BCUT2D eigenvalue weighted by Gasteiger charge is 2.38. The van der Waals surface area contributed by atoms with Gasteiger partial charge in [0, 0.05) is 44.8 Å². The van der Waals surface area contributed by atoms with Gasteiger partial charge in [-0.25, -0.2) is 4.79 Å². The predicted molar refractivity (Wildman–Crippen MR) is 117 cm³/mol. The lowest BCUT2D eigenvalue weighted by atomic mass is 9.99. The molecule has 170 valence electrons. The maximum absolute atomic E-state index is 12.3. The fraction of sp³-hybridized carbons (Fsp3) is 0.682. The lowest BCUT2D eigenvalue weighted by molar-refractivity contribution is -0.385. The van der Waals surface area contributed by atoms with Crippen molar-refractivity contribution < 1.29 is 19.2 Å². The molecule has 0 N–H and O–H groups in total. The molecule has 0 spiro atoms. The van der Waals surface area contributed by atoms with Gasteiger partial charge in [0.05, 0.1) is 22.7 Å². The number of nitrogens with zero attached hydrogens (tertiary/aromatic N) is 4. The number of amides is 1. The van der Waals surface area contributed by atoms with Crippen LogP contribution in [0.15, 0.2) is 12.1 Å². The van der Waals surface area contributed by atoms with E-state index in [4.69, 9.17) is 9.47 Å². The summed E-state index contributed by atoms with van der Waals surface area (Å²) in [6.07, 6.45) is 1.65. The van der Waals surface area contributed by atoms with Crippen molar-refractivity contribution in [3.05, 3.63) is 27.8 Å². The van der Waals surface area contributed by atoms with Crippen LogP contribution in [-0.4, -0.2) is 77.8 Å². The van der Waals surface area contributed by atoms with Gasteiger partial charge in [-0.3, -0.25) is 15.0 Å². The molecule has 1 atom stereocenters. The van der Waals surface area contributed by atoms with Crippen LogP contribution in [0.4, 0.5) is 16.2 Å². The number of anilines is 1. The second-order valence-corrected chi connectivity index (χ2v) is 9.72. The third-order valence-electron chi connectivity index (χ3n) is 6.33. The number of nitro groups is 1. The molecule has 4 rings (SSSR count). The van der Waals surface area contributed by atoms with E-state index >= 15 is 0 Å². The molecule has 0 radical (unpaired) electrons. The molecule has 0 aliphatic carbocycles. The Morgan fingerprint density at radius 3 is 2.52 bits per heavy atom. The number of aryl methyl sites for hydroxylation is 1. The monoisotopic (exact) mass is 432 g/mol. The highest BCUT2D eigenvalue weighted by molar-refractivity contribution is 5.69. The molecule has 2 fully saturated rings. The molecule has 3 aliphatic rings. The molecular weight excluding hydrogens is 400 g/mol. The zero-order valence-electron chi connectivity index (χ0n) is 18.8. The van der Waals surface area contributed by atoms with E-state index in [2.05, 4.69) is 9.80 Å². The van der Waals surface area contributed by atoms with Crippen molar-refractivity contribution in [2.45, 2.75) is 58.2 Å². The second-order valence-electron chi connectivity index (χ2n) is 9.72. The number of likely N-dealkylation sites (tertiary alicyclic amines) is 1. The van der Waals surface area contributed by atoms with Gasteiger partial charge in [-0.1, -0.05) is 0 Å². The van der Waals surface area contributed by atoms with Crippen molar-refractivity contribution in [1.82, 2.24) is 9.80 Å². The predicted octanol–water partition coefficient (Wildman–Crippen LogP) is 3.19. The van der Waals surface area contributed by atoms with Crippen molar-refractivity contribution in [3.8, 4) is 5.75 Å². The molecule has 31 heavy (non-hydrogen) atoms. The molecular formula is C22H32N4O5. The summed E-state index contributed by atoms with van der Waals surface area (Å²) in [6.45, 7) is 12.2. The van der Waals surface area contributed by atoms with Gasteiger partial charge in [-0.05, 0) is 46.1 Å². The number of carbonyl (C=O) groups excluding carboxylic acids is 1. The Labute approximate surface area is 183 Å². The number of ether oxygens (including phenoxy) is 2. The summed E-state index contributed by atoms with van der Waals surface area (Å²) in [5.74, 6) is 0.613. The number of nitro benzene ring substituents is 1. The van der Waals surface area contributed by atoms with Crippen LogP contribution in [0.25, 0.3) is 0 Å². The van der Waals surface area contributed by atoms with Crippen LogP contribution < -0.4 is 9.64 Å². The Balaban J connectivity index is 1.37. The van der Waals surface area contributed by atoms with E-state index in [1.165, 1.54) is 6.07 Å². The van der Waals surface area contributed by atoms with Crippen LogP contribution in [0.2, 0.25) is 0 Å². The fourth-order valence-corrected chi connectivity index (χ4v) is 4.89. The summed E-state index contributed by atoms with van der Waals surface area (Å²) >= 11 is 0. The minimum Gasteiger partial charge on any atom is -0.489 e. The van der Waals surface area contributed by atoms with Gasteiger partial charge >= 0.3 is 6.09 Å². The Hall–Kier alpha value is -2.55. The number of hydrogen-bond donors (Lipinski definition) is 0. The van der Waals surface area contributed by atoms with E-state index in [1.807, 2.05) is 32.6 Å². The van der Waals surface area contributed by atoms with E-state index in [0.29, 0.717) is 31.5 Å². The highest BCUT2D eigenvalue weighted by Crippen LogP contribution is 2.41. The van der Waals surface area contributed by atoms with Crippen molar-refractivity contribution >= 4 is 17.5 Å². The molecule has 0 saturated carbocycles. The number of carbonyl (C=O) groups is 1. The number of rotatable bonds is 2. The Bertz CT molecular complexity index is 860. The van der Waals surface area contributed by atoms with Gasteiger partial charge in [0.25, 0.3) is 5.69 Å². The summed E-state index contributed by atoms with van der Waals surface area (Å²) in [5.41, 5.74) is 1.47. The van der Waals surface area contributed by atoms with Crippen molar-refractivity contribution in [2.75, 3.05) is 44.2 Å². The first-order valence-electron chi connectivity index (χ1n) is 11.0. The number of fused-ring (bicyclic) bond motifs is 3. The van der Waals surface area contributed by atoms with E-state index in [1.54, 1.807) is 6.07 Å². The van der Waals surface area contributed by atoms with E-state index in [-0.39, 0.29) is 22.7 Å². The number of piperidine rings is 1. The summed E-state index contributed by atoms with van der Waals surface area (Å²) < 4.78 is 11.5. The molecule has 1 amide bonds. The SMILES string of the molecule is Cc1cc([N+](=O)[O-])cc2c1N1CCN(C3CCN(C(=O)OC(C)(C)C)CC3)C[C@@H]1CO2. The largest absolute Gasteiger partial charge is 0.489 e. The van der Waals surface area contributed by atoms with Gasteiger partial charge in [0.1, 0.15) is 18.0 Å². The Morgan fingerprint density at radius 2 is 1.87 bits per heavy atom. The molecule has 9 heteroatoms. The Kier molecular flexibility index (Phi) is 5.72. The lowest BCUT2D eigenvalue weighted by Gasteiger charge is -2.49. The lowest BCUT2D eigenvalue weighted by Crippen LogP contribution is -2.60. The minimum absolute atomic E-state index is 0.0742. The van der Waals surface area contributed by atoms with Crippen LogP contribution in [-0.2, 0) is 4.74 Å².